The molecule has 1 aromatic rings. The Labute approximate surface area is 96.2 Å². The molecule has 0 spiro atoms. The lowest BCUT2D eigenvalue weighted by molar-refractivity contribution is 0.249. The van der Waals surface area contributed by atoms with Crippen molar-refractivity contribution in [2.24, 2.45) is 5.73 Å². The topological polar surface area (TPSA) is 58.5 Å². The SMILES string of the molecule is CN1CCC(N(C)c2nc(CN)co2)CC1. The fourth-order valence-electron chi connectivity index (χ4n) is 2.09. The number of aromatic nitrogens is 1. The molecule has 1 aromatic heterocycles. The lowest BCUT2D eigenvalue weighted by Gasteiger charge is -2.34. The van der Waals surface area contributed by atoms with Crippen LogP contribution in [0.25, 0.3) is 0 Å². The minimum atomic E-state index is 0.435. The molecule has 5 heteroatoms. The molecular formula is C11H20N4O. The van der Waals surface area contributed by atoms with Crippen LogP contribution < -0.4 is 10.6 Å². The Bertz CT molecular complexity index is 330. The first-order valence-corrected chi connectivity index (χ1v) is 5.76. The highest BCUT2D eigenvalue weighted by Crippen LogP contribution is 2.20. The van der Waals surface area contributed by atoms with Crippen molar-refractivity contribution in [2.45, 2.75) is 25.4 Å². The van der Waals surface area contributed by atoms with Crippen LogP contribution in [0, 0.1) is 0 Å². The fraction of sp³-hybridized carbons (Fsp3) is 0.727. The van der Waals surface area contributed by atoms with Gasteiger partial charge in [-0.05, 0) is 33.0 Å². The van der Waals surface area contributed by atoms with E-state index in [0.717, 1.165) is 31.6 Å². The third kappa shape index (κ3) is 2.36. The summed E-state index contributed by atoms with van der Waals surface area (Å²) in [7, 11) is 4.20. The van der Waals surface area contributed by atoms with Gasteiger partial charge in [-0.2, -0.15) is 4.98 Å². The Morgan fingerprint density at radius 2 is 2.25 bits per heavy atom. The number of nitrogens with zero attached hydrogens (tertiary/aromatic N) is 3. The minimum absolute atomic E-state index is 0.435. The van der Waals surface area contributed by atoms with Crippen LogP contribution in [0.15, 0.2) is 10.7 Å². The lowest BCUT2D eigenvalue weighted by atomic mass is 10.0. The first-order chi connectivity index (χ1) is 7.70. The summed E-state index contributed by atoms with van der Waals surface area (Å²) in [5.41, 5.74) is 6.33. The van der Waals surface area contributed by atoms with E-state index in [0.29, 0.717) is 18.6 Å². The molecule has 0 amide bonds. The van der Waals surface area contributed by atoms with Crippen molar-refractivity contribution in [1.82, 2.24) is 9.88 Å². The molecule has 1 aliphatic rings. The smallest absolute Gasteiger partial charge is 0.297 e. The molecule has 1 aliphatic heterocycles. The highest BCUT2D eigenvalue weighted by Gasteiger charge is 2.23. The fourth-order valence-corrected chi connectivity index (χ4v) is 2.09. The van der Waals surface area contributed by atoms with E-state index in [1.54, 1.807) is 6.26 Å². The molecule has 16 heavy (non-hydrogen) atoms. The molecule has 0 unspecified atom stereocenters. The largest absolute Gasteiger partial charge is 0.432 e. The second-order valence-electron chi connectivity index (χ2n) is 4.47. The molecule has 0 bridgehead atoms. The van der Waals surface area contributed by atoms with Gasteiger partial charge in [0.25, 0.3) is 6.01 Å². The van der Waals surface area contributed by atoms with Gasteiger partial charge in [-0.3, -0.25) is 0 Å². The summed E-state index contributed by atoms with van der Waals surface area (Å²) in [6.07, 6.45) is 3.96. The van der Waals surface area contributed by atoms with Crippen LogP contribution in [0.3, 0.4) is 0 Å². The van der Waals surface area contributed by atoms with Crippen molar-refractivity contribution in [3.8, 4) is 0 Å². The number of nitrogens with two attached hydrogens (primary N) is 1. The Kier molecular flexibility index (Phi) is 3.46. The Morgan fingerprint density at radius 1 is 1.56 bits per heavy atom. The summed E-state index contributed by atoms with van der Waals surface area (Å²) in [5.74, 6) is 0. The van der Waals surface area contributed by atoms with Gasteiger partial charge in [0.15, 0.2) is 0 Å². The normalized spacial score (nSPS) is 18.9. The van der Waals surface area contributed by atoms with Crippen molar-refractivity contribution < 1.29 is 4.42 Å². The molecule has 2 heterocycles. The van der Waals surface area contributed by atoms with E-state index < -0.39 is 0 Å². The van der Waals surface area contributed by atoms with Gasteiger partial charge in [0.2, 0.25) is 0 Å². The van der Waals surface area contributed by atoms with E-state index in [9.17, 15) is 0 Å². The molecular weight excluding hydrogens is 204 g/mol. The second-order valence-corrected chi connectivity index (χ2v) is 4.47. The lowest BCUT2D eigenvalue weighted by Crippen LogP contribution is -2.42. The van der Waals surface area contributed by atoms with Gasteiger partial charge < -0.3 is 20.0 Å². The molecule has 90 valence electrons. The Balaban J connectivity index is 1.98. The van der Waals surface area contributed by atoms with Crippen LogP contribution in [0.4, 0.5) is 6.01 Å². The molecule has 2 N–H and O–H groups in total. The first-order valence-electron chi connectivity index (χ1n) is 5.76. The summed E-state index contributed by atoms with van der Waals surface area (Å²) in [5, 5.41) is 0. The van der Waals surface area contributed by atoms with Crippen molar-refractivity contribution in [3.05, 3.63) is 12.0 Å². The van der Waals surface area contributed by atoms with Crippen LogP contribution in [-0.4, -0.2) is 43.1 Å². The molecule has 0 atom stereocenters. The molecule has 0 radical (unpaired) electrons. The van der Waals surface area contributed by atoms with E-state index in [1.165, 1.54) is 0 Å². The third-order valence-corrected chi connectivity index (χ3v) is 3.29. The summed E-state index contributed by atoms with van der Waals surface area (Å²) < 4.78 is 5.42. The van der Waals surface area contributed by atoms with Crippen molar-refractivity contribution in [2.75, 3.05) is 32.1 Å². The van der Waals surface area contributed by atoms with Gasteiger partial charge in [0.05, 0.1) is 5.69 Å². The van der Waals surface area contributed by atoms with E-state index in [2.05, 4.69) is 21.8 Å². The number of likely N-dealkylation sites (tertiary alicyclic amines) is 1. The minimum Gasteiger partial charge on any atom is -0.432 e. The zero-order chi connectivity index (χ0) is 11.5. The number of hydrogen-bond donors (Lipinski definition) is 1. The van der Waals surface area contributed by atoms with Gasteiger partial charge in [-0.15, -0.1) is 0 Å². The first kappa shape index (κ1) is 11.4. The van der Waals surface area contributed by atoms with Gasteiger partial charge >= 0.3 is 0 Å². The summed E-state index contributed by atoms with van der Waals surface area (Å²) in [4.78, 5) is 8.83. The monoisotopic (exact) mass is 224 g/mol. The molecule has 0 aliphatic carbocycles. The van der Waals surface area contributed by atoms with Crippen LogP contribution >= 0.6 is 0 Å². The molecule has 0 aromatic carbocycles. The zero-order valence-corrected chi connectivity index (χ0v) is 10.0. The number of piperidine rings is 1. The van der Waals surface area contributed by atoms with Gasteiger partial charge in [-0.25, -0.2) is 0 Å². The average Bonchev–Trinajstić information content (AvgIpc) is 2.77. The maximum Gasteiger partial charge on any atom is 0.297 e. The van der Waals surface area contributed by atoms with E-state index in [1.807, 2.05) is 7.05 Å². The summed E-state index contributed by atoms with van der Waals surface area (Å²) in [6.45, 7) is 2.71. The number of rotatable bonds is 3. The maximum atomic E-state index is 5.51. The summed E-state index contributed by atoms with van der Waals surface area (Å²) >= 11 is 0. The number of hydrogen-bond acceptors (Lipinski definition) is 5. The average molecular weight is 224 g/mol. The molecule has 1 saturated heterocycles. The van der Waals surface area contributed by atoms with Crippen molar-refractivity contribution in [3.63, 3.8) is 0 Å². The predicted molar refractivity (Wildman–Crippen MR) is 63.3 cm³/mol. The number of oxazole rings is 1. The number of anilines is 1. The van der Waals surface area contributed by atoms with Crippen LogP contribution in [0.5, 0.6) is 0 Å². The highest BCUT2D eigenvalue weighted by atomic mass is 16.4. The molecule has 2 rings (SSSR count). The van der Waals surface area contributed by atoms with E-state index >= 15 is 0 Å². The standard InChI is InChI=1S/C11H20N4O/c1-14-5-3-10(4-6-14)15(2)11-13-9(7-12)8-16-11/h8,10H,3-7,12H2,1-2H3. The van der Waals surface area contributed by atoms with Crippen molar-refractivity contribution in [1.29, 1.82) is 0 Å². The quantitative estimate of drug-likeness (QED) is 0.817. The van der Waals surface area contributed by atoms with Gasteiger partial charge in [-0.1, -0.05) is 0 Å². The van der Waals surface area contributed by atoms with Crippen molar-refractivity contribution >= 4 is 6.01 Å². The van der Waals surface area contributed by atoms with Crippen LogP contribution in [0.2, 0.25) is 0 Å². The molecule has 5 nitrogen and oxygen atoms in total. The van der Waals surface area contributed by atoms with E-state index in [-0.39, 0.29) is 0 Å². The molecule has 1 fully saturated rings. The highest BCUT2D eigenvalue weighted by molar-refractivity contribution is 5.27. The van der Waals surface area contributed by atoms with Gasteiger partial charge in [0, 0.05) is 19.6 Å². The van der Waals surface area contributed by atoms with Gasteiger partial charge in [0.1, 0.15) is 6.26 Å². The van der Waals surface area contributed by atoms with E-state index in [4.69, 9.17) is 10.2 Å². The maximum absolute atomic E-state index is 5.51. The Morgan fingerprint density at radius 3 is 2.81 bits per heavy atom. The zero-order valence-electron chi connectivity index (χ0n) is 10.0. The second kappa shape index (κ2) is 4.84. The third-order valence-electron chi connectivity index (χ3n) is 3.29. The van der Waals surface area contributed by atoms with Crippen LogP contribution in [-0.2, 0) is 6.54 Å². The van der Waals surface area contributed by atoms with Crippen LogP contribution in [0.1, 0.15) is 18.5 Å². The Hall–Kier alpha value is -1.07. The predicted octanol–water partition coefficient (Wildman–Crippen LogP) is 0.664. The summed E-state index contributed by atoms with van der Waals surface area (Å²) in [6, 6.07) is 1.22. The molecule has 0 saturated carbocycles.